The summed E-state index contributed by atoms with van der Waals surface area (Å²) in [6, 6.07) is 10.4. The molecule has 0 amide bonds. The first kappa shape index (κ1) is 18.5. The van der Waals surface area contributed by atoms with Crippen LogP contribution in [-0.2, 0) is 17.8 Å². The lowest BCUT2D eigenvalue weighted by Crippen LogP contribution is -2.64. The van der Waals surface area contributed by atoms with Crippen molar-refractivity contribution >= 4 is 0 Å². The highest BCUT2D eigenvalue weighted by Gasteiger charge is 2.46. The predicted octanol–water partition coefficient (Wildman–Crippen LogP) is 2.90. The van der Waals surface area contributed by atoms with Crippen molar-refractivity contribution in [3.05, 3.63) is 59.7 Å². The number of aryl methyl sites for hydroxylation is 1. The highest BCUT2D eigenvalue weighted by Crippen LogP contribution is 2.36. The van der Waals surface area contributed by atoms with Gasteiger partial charge < -0.3 is 9.64 Å². The molecule has 5 nitrogen and oxygen atoms in total. The van der Waals surface area contributed by atoms with Crippen LogP contribution in [0, 0.1) is 12.8 Å². The van der Waals surface area contributed by atoms with E-state index in [4.69, 9.17) is 4.74 Å². The SMILES string of the molecule is Cc1cccc(CN2CC3(CC[C@@H](CN(C)Cc4cccnc4)CO3)C2)n1. The van der Waals surface area contributed by atoms with E-state index in [0.717, 1.165) is 50.7 Å². The van der Waals surface area contributed by atoms with E-state index in [1.165, 1.54) is 18.4 Å². The van der Waals surface area contributed by atoms with Crippen molar-refractivity contribution < 1.29 is 4.74 Å². The number of rotatable bonds is 6. The molecule has 2 fully saturated rings. The molecule has 2 saturated heterocycles. The number of aromatic nitrogens is 2. The second-order valence-electron chi connectivity index (χ2n) is 8.37. The zero-order valence-corrected chi connectivity index (χ0v) is 16.5. The van der Waals surface area contributed by atoms with Gasteiger partial charge in [-0.3, -0.25) is 14.9 Å². The van der Waals surface area contributed by atoms with Gasteiger partial charge in [-0.1, -0.05) is 12.1 Å². The van der Waals surface area contributed by atoms with E-state index in [1.807, 2.05) is 18.5 Å². The molecule has 0 N–H and O–H groups in total. The molecule has 4 heterocycles. The maximum absolute atomic E-state index is 6.36. The summed E-state index contributed by atoms with van der Waals surface area (Å²) in [5, 5.41) is 0. The van der Waals surface area contributed by atoms with Crippen LogP contribution in [0.4, 0.5) is 0 Å². The van der Waals surface area contributed by atoms with E-state index >= 15 is 0 Å². The monoisotopic (exact) mass is 366 g/mol. The van der Waals surface area contributed by atoms with Crippen LogP contribution in [0.2, 0.25) is 0 Å². The first-order valence-corrected chi connectivity index (χ1v) is 9.97. The molecule has 1 spiro atoms. The number of hydrogen-bond donors (Lipinski definition) is 0. The smallest absolute Gasteiger partial charge is 0.0935 e. The van der Waals surface area contributed by atoms with Crippen molar-refractivity contribution in [1.29, 1.82) is 0 Å². The van der Waals surface area contributed by atoms with Gasteiger partial charge in [-0.15, -0.1) is 0 Å². The van der Waals surface area contributed by atoms with Crippen molar-refractivity contribution in [3.63, 3.8) is 0 Å². The van der Waals surface area contributed by atoms with Gasteiger partial charge in [0.15, 0.2) is 0 Å². The van der Waals surface area contributed by atoms with Crippen LogP contribution in [-0.4, -0.2) is 58.7 Å². The summed E-state index contributed by atoms with van der Waals surface area (Å²) < 4.78 is 6.36. The number of ether oxygens (including phenoxy) is 1. The number of likely N-dealkylation sites (tertiary alicyclic amines) is 1. The highest BCUT2D eigenvalue weighted by molar-refractivity contribution is 5.12. The third kappa shape index (κ3) is 4.72. The van der Waals surface area contributed by atoms with Crippen LogP contribution in [0.25, 0.3) is 0 Å². The normalized spacial score (nSPS) is 22.1. The van der Waals surface area contributed by atoms with Crippen molar-refractivity contribution in [1.82, 2.24) is 19.8 Å². The molecule has 2 aromatic rings. The molecule has 0 bridgehead atoms. The zero-order chi connectivity index (χ0) is 18.7. The fourth-order valence-electron chi connectivity index (χ4n) is 4.42. The summed E-state index contributed by atoms with van der Waals surface area (Å²) >= 11 is 0. The Morgan fingerprint density at radius 3 is 2.85 bits per heavy atom. The van der Waals surface area contributed by atoms with E-state index in [2.05, 4.69) is 58.0 Å². The number of hydrogen-bond acceptors (Lipinski definition) is 5. The van der Waals surface area contributed by atoms with Gasteiger partial charge in [-0.2, -0.15) is 0 Å². The van der Waals surface area contributed by atoms with E-state index in [0.29, 0.717) is 5.92 Å². The van der Waals surface area contributed by atoms with Crippen LogP contribution < -0.4 is 0 Å². The van der Waals surface area contributed by atoms with Gasteiger partial charge in [0.25, 0.3) is 0 Å². The third-order valence-corrected chi connectivity index (χ3v) is 5.73. The minimum Gasteiger partial charge on any atom is -0.372 e. The maximum Gasteiger partial charge on any atom is 0.0935 e. The lowest BCUT2D eigenvalue weighted by Gasteiger charge is -2.53. The molecule has 2 aromatic heterocycles. The molecular formula is C22H30N4O. The molecule has 0 aromatic carbocycles. The maximum atomic E-state index is 6.36. The van der Waals surface area contributed by atoms with E-state index in [1.54, 1.807) is 0 Å². The second kappa shape index (κ2) is 8.05. The Morgan fingerprint density at radius 2 is 2.15 bits per heavy atom. The van der Waals surface area contributed by atoms with Gasteiger partial charge in [0.05, 0.1) is 17.9 Å². The lowest BCUT2D eigenvalue weighted by molar-refractivity contribution is -0.183. The Bertz CT molecular complexity index is 735. The predicted molar refractivity (Wildman–Crippen MR) is 106 cm³/mol. The van der Waals surface area contributed by atoms with Crippen LogP contribution in [0.3, 0.4) is 0 Å². The van der Waals surface area contributed by atoms with Crippen LogP contribution in [0.1, 0.15) is 29.8 Å². The van der Waals surface area contributed by atoms with Crippen molar-refractivity contribution in [2.45, 2.75) is 38.5 Å². The highest BCUT2D eigenvalue weighted by atomic mass is 16.5. The minimum atomic E-state index is 0.0995. The first-order chi connectivity index (χ1) is 13.1. The molecular weight excluding hydrogens is 336 g/mol. The first-order valence-electron chi connectivity index (χ1n) is 9.97. The summed E-state index contributed by atoms with van der Waals surface area (Å²) in [4.78, 5) is 13.7. The zero-order valence-electron chi connectivity index (χ0n) is 16.5. The molecule has 2 aliphatic rings. The Kier molecular flexibility index (Phi) is 5.53. The van der Waals surface area contributed by atoms with Crippen molar-refractivity contribution in [2.75, 3.05) is 33.3 Å². The second-order valence-corrected chi connectivity index (χ2v) is 8.37. The molecule has 0 unspecified atom stereocenters. The van der Waals surface area contributed by atoms with Crippen LogP contribution in [0.15, 0.2) is 42.7 Å². The van der Waals surface area contributed by atoms with E-state index < -0.39 is 0 Å². The molecule has 1 atom stereocenters. The average molecular weight is 367 g/mol. The molecule has 0 radical (unpaired) electrons. The Hall–Kier alpha value is -1.82. The topological polar surface area (TPSA) is 41.5 Å². The van der Waals surface area contributed by atoms with Gasteiger partial charge in [0, 0.05) is 50.8 Å². The number of nitrogens with zero attached hydrogens (tertiary/aromatic N) is 4. The molecule has 5 heteroatoms. The average Bonchev–Trinajstić information content (AvgIpc) is 2.63. The largest absolute Gasteiger partial charge is 0.372 e. The molecule has 0 aliphatic carbocycles. The van der Waals surface area contributed by atoms with Crippen molar-refractivity contribution in [2.24, 2.45) is 5.92 Å². The Balaban J connectivity index is 1.19. The quantitative estimate of drug-likeness (QED) is 0.786. The van der Waals surface area contributed by atoms with Gasteiger partial charge in [-0.05, 0) is 56.5 Å². The fourth-order valence-corrected chi connectivity index (χ4v) is 4.42. The molecule has 27 heavy (non-hydrogen) atoms. The van der Waals surface area contributed by atoms with Crippen LogP contribution >= 0.6 is 0 Å². The van der Waals surface area contributed by atoms with Gasteiger partial charge in [-0.25, -0.2) is 0 Å². The summed E-state index contributed by atoms with van der Waals surface area (Å²) in [5.41, 5.74) is 3.63. The molecule has 2 aliphatic heterocycles. The van der Waals surface area contributed by atoms with Gasteiger partial charge in [0.2, 0.25) is 0 Å². The van der Waals surface area contributed by atoms with Crippen LogP contribution in [0.5, 0.6) is 0 Å². The Morgan fingerprint density at radius 1 is 1.26 bits per heavy atom. The van der Waals surface area contributed by atoms with E-state index in [-0.39, 0.29) is 5.60 Å². The summed E-state index contributed by atoms with van der Waals surface area (Å²) in [5.74, 6) is 0.629. The standard InChI is InChI=1S/C22H30N4O/c1-18-5-3-7-21(24-18)14-26-16-22(17-26)9-8-20(15-27-22)13-25(2)12-19-6-4-10-23-11-19/h3-7,10-11,20H,8-9,12-17H2,1-2H3/t20-/m0/s1. The Labute approximate surface area is 162 Å². The third-order valence-electron chi connectivity index (χ3n) is 5.73. The molecule has 144 valence electrons. The fraction of sp³-hybridized carbons (Fsp3) is 0.545. The van der Waals surface area contributed by atoms with E-state index in [9.17, 15) is 0 Å². The van der Waals surface area contributed by atoms with Crippen molar-refractivity contribution in [3.8, 4) is 0 Å². The minimum absolute atomic E-state index is 0.0995. The number of pyridine rings is 2. The molecule has 4 rings (SSSR count). The summed E-state index contributed by atoms with van der Waals surface area (Å²) in [6.45, 7) is 7.99. The summed E-state index contributed by atoms with van der Waals surface area (Å²) in [7, 11) is 2.19. The van der Waals surface area contributed by atoms with Gasteiger partial charge >= 0.3 is 0 Å². The molecule has 0 saturated carbocycles. The lowest BCUT2D eigenvalue weighted by atomic mass is 9.82. The summed E-state index contributed by atoms with van der Waals surface area (Å²) in [6.07, 6.45) is 6.22. The van der Waals surface area contributed by atoms with Gasteiger partial charge in [0.1, 0.15) is 0 Å².